The van der Waals surface area contributed by atoms with Crippen LogP contribution in [0.2, 0.25) is 0 Å². The fourth-order valence-electron chi connectivity index (χ4n) is 3.48. The quantitative estimate of drug-likeness (QED) is 0.848. The number of nitrogens with zero attached hydrogens (tertiary/aromatic N) is 5. The Balaban J connectivity index is 1.29. The topological polar surface area (TPSA) is 66.4 Å². The van der Waals surface area contributed by atoms with E-state index in [0.29, 0.717) is 5.95 Å². The highest BCUT2D eigenvalue weighted by Crippen LogP contribution is 2.16. The van der Waals surface area contributed by atoms with Crippen LogP contribution in [0.15, 0.2) is 36.5 Å². The molecule has 1 atom stereocenters. The molecule has 3 heterocycles. The number of hydrogen-bond donors (Lipinski definition) is 1. The van der Waals surface area contributed by atoms with Crippen molar-refractivity contribution in [3.05, 3.63) is 42.1 Å². The predicted octanol–water partition coefficient (Wildman–Crippen LogP) is 1.78. The molecule has 0 spiro atoms. The molecule has 0 bridgehead atoms. The number of nitrogens with one attached hydrogen (secondary N) is 1. The van der Waals surface area contributed by atoms with Crippen LogP contribution in [0.1, 0.15) is 18.4 Å². The summed E-state index contributed by atoms with van der Waals surface area (Å²) in [5.74, 6) is 1.49. The average Bonchev–Trinajstić information content (AvgIpc) is 3.22. The van der Waals surface area contributed by atoms with Gasteiger partial charge in [0.15, 0.2) is 5.82 Å². The van der Waals surface area contributed by atoms with Crippen molar-refractivity contribution < 1.29 is 4.74 Å². The molecule has 2 fully saturated rings. The maximum atomic E-state index is 5.64. The van der Waals surface area contributed by atoms with Crippen molar-refractivity contribution in [2.45, 2.75) is 25.5 Å². The average molecular weight is 354 g/mol. The lowest BCUT2D eigenvalue weighted by Gasteiger charge is -2.34. The second kappa shape index (κ2) is 8.42. The van der Waals surface area contributed by atoms with Crippen molar-refractivity contribution in [2.24, 2.45) is 0 Å². The van der Waals surface area contributed by atoms with Gasteiger partial charge in [-0.15, -0.1) is 5.10 Å². The van der Waals surface area contributed by atoms with E-state index in [1.165, 1.54) is 5.56 Å². The SMILES string of the molecule is c1ccc(CN2CCN(c3nncc(NCC4CCCO4)n3)CC2)cc1. The second-order valence-electron chi connectivity index (χ2n) is 6.91. The molecule has 7 nitrogen and oxygen atoms in total. The van der Waals surface area contributed by atoms with E-state index in [1.807, 2.05) is 0 Å². The van der Waals surface area contributed by atoms with Gasteiger partial charge >= 0.3 is 0 Å². The third-order valence-electron chi connectivity index (χ3n) is 4.99. The lowest BCUT2D eigenvalue weighted by atomic mass is 10.2. The molecule has 2 saturated heterocycles. The molecule has 0 radical (unpaired) electrons. The third-order valence-corrected chi connectivity index (χ3v) is 4.99. The number of ether oxygens (including phenoxy) is 1. The molecule has 26 heavy (non-hydrogen) atoms. The lowest BCUT2D eigenvalue weighted by Crippen LogP contribution is -2.46. The number of aromatic nitrogens is 3. The van der Waals surface area contributed by atoms with Crippen LogP contribution < -0.4 is 10.2 Å². The molecule has 1 unspecified atom stereocenters. The van der Waals surface area contributed by atoms with Gasteiger partial charge in [0.25, 0.3) is 0 Å². The van der Waals surface area contributed by atoms with E-state index in [0.717, 1.165) is 64.5 Å². The minimum atomic E-state index is 0.287. The molecule has 2 aliphatic rings. The standard InChI is InChI=1S/C19H26N6O/c1-2-5-16(6-3-1)15-24-8-10-25(11-9-24)19-22-18(14-21-23-19)20-13-17-7-4-12-26-17/h1-3,5-6,14,17H,4,7-13,15H2,(H,20,22,23). The molecule has 7 heteroatoms. The van der Waals surface area contributed by atoms with Gasteiger partial charge in [-0.25, -0.2) is 0 Å². The molecule has 4 rings (SSSR count). The highest BCUT2D eigenvalue weighted by Gasteiger charge is 2.20. The Bertz CT molecular complexity index is 683. The van der Waals surface area contributed by atoms with Crippen LogP contribution in [0.4, 0.5) is 11.8 Å². The fraction of sp³-hybridized carbons (Fsp3) is 0.526. The highest BCUT2D eigenvalue weighted by atomic mass is 16.5. The maximum Gasteiger partial charge on any atom is 0.247 e. The van der Waals surface area contributed by atoms with Gasteiger partial charge in [0, 0.05) is 45.9 Å². The Morgan fingerprint density at radius 1 is 1.12 bits per heavy atom. The molecular weight excluding hydrogens is 328 g/mol. The molecule has 0 aliphatic carbocycles. The fourth-order valence-corrected chi connectivity index (χ4v) is 3.48. The van der Waals surface area contributed by atoms with E-state index in [-0.39, 0.29) is 6.10 Å². The Labute approximate surface area is 154 Å². The third kappa shape index (κ3) is 4.47. The van der Waals surface area contributed by atoms with E-state index < -0.39 is 0 Å². The van der Waals surface area contributed by atoms with Gasteiger partial charge in [0.1, 0.15) is 0 Å². The minimum absolute atomic E-state index is 0.287. The summed E-state index contributed by atoms with van der Waals surface area (Å²) in [6.45, 7) is 6.50. The first-order valence-corrected chi connectivity index (χ1v) is 9.43. The first-order valence-electron chi connectivity index (χ1n) is 9.43. The summed E-state index contributed by atoms with van der Waals surface area (Å²) in [5, 5.41) is 11.7. The van der Waals surface area contributed by atoms with Crippen LogP contribution in [0.25, 0.3) is 0 Å². The maximum absolute atomic E-state index is 5.64. The van der Waals surface area contributed by atoms with Crippen molar-refractivity contribution >= 4 is 11.8 Å². The van der Waals surface area contributed by atoms with E-state index in [9.17, 15) is 0 Å². The van der Waals surface area contributed by atoms with Gasteiger partial charge in [0.05, 0.1) is 12.3 Å². The monoisotopic (exact) mass is 354 g/mol. The number of piperazine rings is 1. The summed E-state index contributed by atoms with van der Waals surface area (Å²) in [6.07, 6.45) is 4.23. The molecule has 1 N–H and O–H groups in total. The summed E-state index contributed by atoms with van der Waals surface area (Å²) < 4.78 is 5.64. The van der Waals surface area contributed by atoms with E-state index >= 15 is 0 Å². The second-order valence-corrected chi connectivity index (χ2v) is 6.91. The van der Waals surface area contributed by atoms with Gasteiger partial charge in [-0.3, -0.25) is 4.90 Å². The number of rotatable bonds is 6. The zero-order valence-corrected chi connectivity index (χ0v) is 15.0. The van der Waals surface area contributed by atoms with E-state index in [2.05, 4.69) is 60.6 Å². The van der Waals surface area contributed by atoms with Crippen LogP contribution in [0.3, 0.4) is 0 Å². The Morgan fingerprint density at radius 2 is 1.96 bits per heavy atom. The Morgan fingerprint density at radius 3 is 2.73 bits per heavy atom. The summed E-state index contributed by atoms with van der Waals surface area (Å²) in [5.41, 5.74) is 1.36. The summed E-state index contributed by atoms with van der Waals surface area (Å²) in [4.78, 5) is 9.32. The van der Waals surface area contributed by atoms with Crippen LogP contribution in [0, 0.1) is 0 Å². The first kappa shape index (κ1) is 17.2. The molecule has 0 amide bonds. The van der Waals surface area contributed by atoms with Crippen LogP contribution in [-0.4, -0.2) is 65.5 Å². The first-order chi connectivity index (χ1) is 12.9. The number of hydrogen-bond acceptors (Lipinski definition) is 7. The zero-order valence-electron chi connectivity index (χ0n) is 15.0. The highest BCUT2D eigenvalue weighted by molar-refractivity contribution is 5.39. The normalized spacial score (nSPS) is 21.1. The van der Waals surface area contributed by atoms with Crippen molar-refractivity contribution in [1.29, 1.82) is 0 Å². The summed E-state index contributed by atoms with van der Waals surface area (Å²) in [7, 11) is 0. The summed E-state index contributed by atoms with van der Waals surface area (Å²) in [6, 6.07) is 10.6. The zero-order chi connectivity index (χ0) is 17.6. The van der Waals surface area contributed by atoms with Crippen molar-refractivity contribution in [3.63, 3.8) is 0 Å². The van der Waals surface area contributed by atoms with E-state index in [1.54, 1.807) is 6.20 Å². The predicted molar refractivity (Wildman–Crippen MR) is 101 cm³/mol. The van der Waals surface area contributed by atoms with Crippen molar-refractivity contribution in [2.75, 3.05) is 49.5 Å². The largest absolute Gasteiger partial charge is 0.376 e. The van der Waals surface area contributed by atoms with E-state index in [4.69, 9.17) is 4.74 Å². The number of anilines is 2. The molecule has 2 aromatic rings. The van der Waals surface area contributed by atoms with Gasteiger partial charge in [-0.05, 0) is 18.4 Å². The molecule has 2 aliphatic heterocycles. The van der Waals surface area contributed by atoms with Crippen LogP contribution in [0.5, 0.6) is 0 Å². The molecule has 1 aromatic heterocycles. The smallest absolute Gasteiger partial charge is 0.247 e. The minimum Gasteiger partial charge on any atom is -0.376 e. The van der Waals surface area contributed by atoms with Crippen LogP contribution >= 0.6 is 0 Å². The van der Waals surface area contributed by atoms with Gasteiger partial charge in [-0.2, -0.15) is 10.1 Å². The molecular formula is C19H26N6O. The molecule has 0 saturated carbocycles. The van der Waals surface area contributed by atoms with Crippen LogP contribution in [-0.2, 0) is 11.3 Å². The van der Waals surface area contributed by atoms with Crippen molar-refractivity contribution in [1.82, 2.24) is 20.1 Å². The lowest BCUT2D eigenvalue weighted by molar-refractivity contribution is 0.120. The summed E-state index contributed by atoms with van der Waals surface area (Å²) >= 11 is 0. The van der Waals surface area contributed by atoms with Gasteiger partial charge in [0.2, 0.25) is 5.95 Å². The Hall–Kier alpha value is -2.25. The van der Waals surface area contributed by atoms with Crippen molar-refractivity contribution in [3.8, 4) is 0 Å². The number of benzene rings is 1. The van der Waals surface area contributed by atoms with Gasteiger partial charge in [-0.1, -0.05) is 30.3 Å². The molecule has 138 valence electrons. The Kier molecular flexibility index (Phi) is 5.56. The van der Waals surface area contributed by atoms with Gasteiger partial charge < -0.3 is 15.0 Å². The molecule has 1 aromatic carbocycles.